The Morgan fingerprint density at radius 2 is 1.80 bits per heavy atom. The van der Waals surface area contributed by atoms with Crippen molar-refractivity contribution in [1.29, 1.82) is 0 Å². The Morgan fingerprint density at radius 1 is 1.05 bits per heavy atom. The molecule has 2 aromatic carbocycles. The normalized spacial score (nSPS) is 10.9. The molecule has 20 heavy (non-hydrogen) atoms. The maximum atomic E-state index is 13.8. The fraction of sp³-hybridized carbons (Fsp3) is 0.0625. The highest BCUT2D eigenvalue weighted by molar-refractivity contribution is 7.99. The van der Waals surface area contributed by atoms with E-state index in [4.69, 9.17) is 5.73 Å². The zero-order valence-electron chi connectivity index (χ0n) is 10.7. The molecule has 2 nitrogen and oxygen atoms in total. The second kappa shape index (κ2) is 5.61. The van der Waals surface area contributed by atoms with Crippen LogP contribution in [0.4, 0.5) is 4.39 Å². The molecule has 3 rings (SSSR count). The molecule has 0 aliphatic heterocycles. The van der Waals surface area contributed by atoms with Crippen LogP contribution in [0, 0.1) is 5.82 Å². The minimum absolute atomic E-state index is 0.221. The van der Waals surface area contributed by atoms with E-state index < -0.39 is 0 Å². The minimum atomic E-state index is -0.221. The summed E-state index contributed by atoms with van der Waals surface area (Å²) < 4.78 is 13.8. The Hall–Kier alpha value is -1.91. The van der Waals surface area contributed by atoms with Gasteiger partial charge in [0.25, 0.3) is 0 Å². The maximum Gasteiger partial charge on any atom is 0.137 e. The summed E-state index contributed by atoms with van der Waals surface area (Å²) >= 11 is 1.40. The number of rotatable bonds is 3. The van der Waals surface area contributed by atoms with Gasteiger partial charge in [-0.25, -0.2) is 4.39 Å². The summed E-state index contributed by atoms with van der Waals surface area (Å²) in [5, 5.41) is 1.00. The Bertz CT molecular complexity index is 758. The lowest BCUT2D eigenvalue weighted by Gasteiger charge is -2.11. The average Bonchev–Trinajstić information content (AvgIpc) is 2.50. The van der Waals surface area contributed by atoms with Crippen molar-refractivity contribution in [3.8, 4) is 0 Å². The van der Waals surface area contributed by atoms with Crippen LogP contribution in [0.3, 0.4) is 0 Å². The maximum absolute atomic E-state index is 13.8. The molecule has 1 aromatic heterocycles. The van der Waals surface area contributed by atoms with E-state index in [1.54, 1.807) is 18.3 Å². The Balaban J connectivity index is 2.16. The van der Waals surface area contributed by atoms with E-state index in [-0.39, 0.29) is 5.82 Å². The van der Waals surface area contributed by atoms with E-state index in [0.717, 1.165) is 21.4 Å². The molecule has 2 N–H and O–H groups in total. The first kappa shape index (κ1) is 13.1. The molecule has 0 saturated carbocycles. The number of fused-ring (bicyclic) bond motifs is 1. The highest BCUT2D eigenvalue weighted by Gasteiger charge is 2.11. The molecule has 0 amide bonds. The number of hydrogen-bond acceptors (Lipinski definition) is 3. The van der Waals surface area contributed by atoms with Crippen LogP contribution in [0.2, 0.25) is 0 Å². The number of pyridine rings is 1. The van der Waals surface area contributed by atoms with Crippen LogP contribution in [0.5, 0.6) is 0 Å². The van der Waals surface area contributed by atoms with Crippen molar-refractivity contribution in [2.75, 3.05) is 0 Å². The van der Waals surface area contributed by atoms with Gasteiger partial charge in [0.05, 0.1) is 5.52 Å². The van der Waals surface area contributed by atoms with Crippen molar-refractivity contribution in [3.63, 3.8) is 0 Å². The van der Waals surface area contributed by atoms with Gasteiger partial charge in [0.1, 0.15) is 5.82 Å². The molecular weight excluding hydrogens is 271 g/mol. The first-order valence-corrected chi connectivity index (χ1v) is 7.10. The second-order valence-corrected chi connectivity index (χ2v) is 5.42. The third-order valence-electron chi connectivity index (χ3n) is 3.07. The number of hydrogen-bond donors (Lipinski definition) is 1. The van der Waals surface area contributed by atoms with E-state index in [1.807, 2.05) is 30.3 Å². The number of para-hydroxylation sites is 1. The highest BCUT2D eigenvalue weighted by atomic mass is 32.2. The Kier molecular flexibility index (Phi) is 3.67. The summed E-state index contributed by atoms with van der Waals surface area (Å²) in [5.41, 5.74) is 7.61. The van der Waals surface area contributed by atoms with Gasteiger partial charge >= 0.3 is 0 Å². The van der Waals surface area contributed by atoms with Gasteiger partial charge < -0.3 is 5.73 Å². The average molecular weight is 284 g/mol. The van der Waals surface area contributed by atoms with Gasteiger partial charge in [-0.3, -0.25) is 4.98 Å². The number of nitrogens with two attached hydrogens (primary N) is 1. The second-order valence-electron chi connectivity index (χ2n) is 4.37. The topological polar surface area (TPSA) is 38.9 Å². The molecule has 3 aromatic rings. The predicted molar refractivity (Wildman–Crippen MR) is 80.2 cm³/mol. The van der Waals surface area contributed by atoms with Crippen molar-refractivity contribution in [2.24, 2.45) is 5.73 Å². The van der Waals surface area contributed by atoms with Crippen molar-refractivity contribution in [1.82, 2.24) is 4.98 Å². The van der Waals surface area contributed by atoms with Gasteiger partial charge in [0.2, 0.25) is 0 Å². The van der Waals surface area contributed by atoms with E-state index in [0.29, 0.717) is 11.4 Å². The predicted octanol–water partition coefficient (Wildman–Crippen LogP) is 3.98. The molecule has 0 atom stereocenters. The van der Waals surface area contributed by atoms with Gasteiger partial charge in [-0.05, 0) is 23.8 Å². The van der Waals surface area contributed by atoms with Crippen LogP contribution in [-0.2, 0) is 6.54 Å². The molecule has 0 spiro atoms. The number of aromatic nitrogens is 1. The smallest absolute Gasteiger partial charge is 0.137 e. The summed E-state index contributed by atoms with van der Waals surface area (Å²) in [6.45, 7) is 0.384. The van der Waals surface area contributed by atoms with Gasteiger partial charge in [-0.15, -0.1) is 0 Å². The van der Waals surface area contributed by atoms with Crippen molar-refractivity contribution in [3.05, 3.63) is 66.1 Å². The standard InChI is InChI=1S/C16H13FN2S/c17-13-6-2-4-8-15(13)20-16-11(9-18)10-19-14-7-3-1-5-12(14)16/h1-8,10H,9,18H2. The van der Waals surface area contributed by atoms with Crippen LogP contribution >= 0.6 is 11.8 Å². The summed E-state index contributed by atoms with van der Waals surface area (Å²) in [4.78, 5) is 5.96. The SMILES string of the molecule is NCc1cnc2ccccc2c1Sc1ccccc1F. The molecule has 1 heterocycles. The van der Waals surface area contributed by atoms with E-state index >= 15 is 0 Å². The third kappa shape index (κ3) is 2.40. The van der Waals surface area contributed by atoms with Crippen LogP contribution in [-0.4, -0.2) is 4.98 Å². The molecule has 100 valence electrons. The van der Waals surface area contributed by atoms with Crippen LogP contribution in [0.25, 0.3) is 10.9 Å². The lowest BCUT2D eigenvalue weighted by molar-refractivity contribution is 0.602. The van der Waals surface area contributed by atoms with Gasteiger partial charge in [-0.2, -0.15) is 0 Å². The molecular formula is C16H13FN2S. The van der Waals surface area contributed by atoms with Gasteiger partial charge in [0.15, 0.2) is 0 Å². The molecule has 0 aliphatic carbocycles. The highest BCUT2D eigenvalue weighted by Crippen LogP contribution is 2.36. The first-order chi connectivity index (χ1) is 9.79. The summed E-state index contributed by atoms with van der Waals surface area (Å²) in [6.07, 6.45) is 1.77. The van der Waals surface area contributed by atoms with Crippen molar-refractivity contribution >= 4 is 22.7 Å². The number of nitrogens with zero attached hydrogens (tertiary/aromatic N) is 1. The molecule has 0 radical (unpaired) electrons. The van der Waals surface area contributed by atoms with Crippen LogP contribution in [0.1, 0.15) is 5.56 Å². The van der Waals surface area contributed by atoms with Crippen LogP contribution in [0.15, 0.2) is 64.5 Å². The van der Waals surface area contributed by atoms with E-state index in [2.05, 4.69) is 4.98 Å². The monoisotopic (exact) mass is 284 g/mol. The molecule has 0 unspecified atom stereocenters. The fourth-order valence-electron chi connectivity index (χ4n) is 2.06. The fourth-order valence-corrected chi connectivity index (χ4v) is 3.14. The minimum Gasteiger partial charge on any atom is -0.326 e. The lowest BCUT2D eigenvalue weighted by atomic mass is 10.1. The van der Waals surface area contributed by atoms with Gasteiger partial charge in [-0.1, -0.05) is 42.1 Å². The third-order valence-corrected chi connectivity index (χ3v) is 4.31. The summed E-state index contributed by atoms with van der Waals surface area (Å²) in [7, 11) is 0. The largest absolute Gasteiger partial charge is 0.326 e. The number of halogens is 1. The van der Waals surface area contributed by atoms with E-state index in [9.17, 15) is 4.39 Å². The zero-order chi connectivity index (χ0) is 13.9. The first-order valence-electron chi connectivity index (χ1n) is 6.28. The van der Waals surface area contributed by atoms with E-state index in [1.165, 1.54) is 17.8 Å². The summed E-state index contributed by atoms with van der Waals surface area (Å²) in [5.74, 6) is -0.221. The molecule has 0 bridgehead atoms. The Labute approximate surface area is 120 Å². The molecule has 0 saturated heterocycles. The van der Waals surface area contributed by atoms with Crippen molar-refractivity contribution in [2.45, 2.75) is 16.3 Å². The molecule has 0 aliphatic rings. The molecule has 0 fully saturated rings. The van der Waals surface area contributed by atoms with Gasteiger partial charge in [0, 0.05) is 27.9 Å². The number of benzene rings is 2. The molecule has 4 heteroatoms. The Morgan fingerprint density at radius 3 is 2.60 bits per heavy atom. The summed E-state index contributed by atoms with van der Waals surface area (Å²) in [6, 6.07) is 14.6. The lowest BCUT2D eigenvalue weighted by Crippen LogP contribution is -2.00. The quantitative estimate of drug-likeness (QED) is 0.790. The zero-order valence-corrected chi connectivity index (χ0v) is 11.5. The van der Waals surface area contributed by atoms with Crippen LogP contribution < -0.4 is 5.73 Å². The van der Waals surface area contributed by atoms with Crippen molar-refractivity contribution < 1.29 is 4.39 Å².